The molecule has 4 N–H and O–H groups in total. The Morgan fingerprint density at radius 3 is 2.52 bits per heavy atom. The number of benzene rings is 2. The van der Waals surface area contributed by atoms with Gasteiger partial charge in [-0.05, 0) is 67.5 Å². The lowest BCUT2D eigenvalue weighted by atomic mass is 9.69. The first kappa shape index (κ1) is 29.7. The number of nitrogens with two attached hydrogens (primary N) is 1. The highest BCUT2D eigenvalue weighted by molar-refractivity contribution is 5.80. The summed E-state index contributed by atoms with van der Waals surface area (Å²) in [5.74, 6) is 7.34. The molecule has 1 fully saturated rings. The van der Waals surface area contributed by atoms with Crippen LogP contribution in [0.2, 0.25) is 0 Å². The number of aryl methyl sites for hydroxylation is 1. The molecule has 4 rings (SSSR count). The van der Waals surface area contributed by atoms with E-state index in [0.717, 1.165) is 46.9 Å². The molecule has 0 unspecified atom stereocenters. The Bertz CT molecular complexity index is 1300. The number of nitrogens with one attached hydrogen (secondary N) is 2. The van der Waals surface area contributed by atoms with Crippen molar-refractivity contribution in [2.75, 3.05) is 24.9 Å². The lowest BCUT2D eigenvalue weighted by molar-refractivity contribution is -0.151. The summed E-state index contributed by atoms with van der Waals surface area (Å²) < 4.78 is 7.62. The van der Waals surface area contributed by atoms with Gasteiger partial charge in [-0.25, -0.2) is 4.98 Å². The predicted molar refractivity (Wildman–Crippen MR) is 164 cm³/mol. The number of hydrogen-bond donors (Lipinski definition) is 3. The molecule has 0 spiro atoms. The topological polar surface area (TPSA) is 94.2 Å². The summed E-state index contributed by atoms with van der Waals surface area (Å²) in [6.07, 6.45) is 13.1. The molecule has 1 aromatic heterocycles. The Morgan fingerprint density at radius 2 is 1.88 bits per heavy atom. The minimum absolute atomic E-state index is 0.245. The van der Waals surface area contributed by atoms with E-state index >= 15 is 0 Å². The normalized spacial score (nSPS) is 15.4. The summed E-state index contributed by atoms with van der Waals surface area (Å²) in [6.45, 7) is 8.88. The first-order valence-corrected chi connectivity index (χ1v) is 14.7. The van der Waals surface area contributed by atoms with Gasteiger partial charge < -0.3 is 20.0 Å². The van der Waals surface area contributed by atoms with Gasteiger partial charge in [-0.3, -0.25) is 10.6 Å². The molecule has 3 aromatic rings. The van der Waals surface area contributed by atoms with Gasteiger partial charge in [0.05, 0.1) is 23.9 Å². The van der Waals surface area contributed by atoms with Crippen LogP contribution in [0.5, 0.6) is 0 Å². The second-order valence-corrected chi connectivity index (χ2v) is 12.0. The molecular weight excluding hydrogens is 498 g/mol. The van der Waals surface area contributed by atoms with Crippen molar-refractivity contribution in [3.8, 4) is 0 Å². The summed E-state index contributed by atoms with van der Waals surface area (Å²) in [4.78, 5) is 18.0. The molecule has 1 aliphatic carbocycles. The number of esters is 1. The van der Waals surface area contributed by atoms with Gasteiger partial charge in [0, 0.05) is 38.3 Å². The number of carbonyl (C=O) groups excluding carboxylic acids is 1. The van der Waals surface area contributed by atoms with Gasteiger partial charge in [0.25, 0.3) is 0 Å². The smallest absolute Gasteiger partial charge is 0.312 e. The van der Waals surface area contributed by atoms with Crippen LogP contribution in [0.3, 0.4) is 0 Å². The van der Waals surface area contributed by atoms with Crippen molar-refractivity contribution in [1.82, 2.24) is 9.55 Å². The average molecular weight is 546 g/mol. The quantitative estimate of drug-likeness (QED) is 0.113. The van der Waals surface area contributed by atoms with Gasteiger partial charge in [-0.15, -0.1) is 0 Å². The lowest BCUT2D eigenvalue weighted by Crippen LogP contribution is -2.34. The third-order valence-corrected chi connectivity index (χ3v) is 8.96. The summed E-state index contributed by atoms with van der Waals surface area (Å²) in [7, 11) is 3.33. The van der Waals surface area contributed by atoms with E-state index in [9.17, 15) is 4.79 Å². The minimum atomic E-state index is -0.821. The Kier molecular flexibility index (Phi) is 9.56. The molecule has 1 atom stereocenters. The number of hydrogen-bond acceptors (Lipinski definition) is 6. The second-order valence-electron chi connectivity index (χ2n) is 12.0. The Morgan fingerprint density at radius 1 is 1.15 bits per heavy atom. The molecule has 216 valence electrons. The van der Waals surface area contributed by atoms with E-state index in [1.54, 1.807) is 0 Å². The van der Waals surface area contributed by atoms with Crippen LogP contribution >= 0.6 is 0 Å². The number of hydrazine groups is 1. The number of ether oxygens (including phenoxy) is 1. The summed E-state index contributed by atoms with van der Waals surface area (Å²) in [5.41, 5.74) is 9.32. The third-order valence-electron chi connectivity index (χ3n) is 8.96. The van der Waals surface area contributed by atoms with Crippen LogP contribution in [-0.4, -0.2) is 29.7 Å². The van der Waals surface area contributed by atoms with Crippen molar-refractivity contribution in [1.29, 1.82) is 0 Å². The van der Waals surface area contributed by atoms with E-state index < -0.39 is 5.41 Å². The molecule has 1 heterocycles. The maximum absolute atomic E-state index is 13.2. The fourth-order valence-electron chi connectivity index (χ4n) is 6.53. The van der Waals surface area contributed by atoms with Crippen molar-refractivity contribution in [2.24, 2.45) is 17.2 Å². The molecule has 7 heteroatoms. The molecule has 1 saturated carbocycles. The van der Waals surface area contributed by atoms with E-state index in [1.807, 2.05) is 40.1 Å². The van der Waals surface area contributed by atoms with Crippen molar-refractivity contribution >= 4 is 17.3 Å². The summed E-state index contributed by atoms with van der Waals surface area (Å²) in [6, 6.07) is 10.7. The molecule has 0 bridgehead atoms. The molecule has 1 aliphatic rings. The molecule has 0 amide bonds. The molecule has 0 radical (unpaired) electrons. The van der Waals surface area contributed by atoms with Crippen LogP contribution in [0.1, 0.15) is 91.9 Å². The number of carbonyl (C=O) groups is 1. The molecule has 0 aliphatic heterocycles. The molecular formula is C33H47N5O2. The van der Waals surface area contributed by atoms with Crippen LogP contribution in [0.4, 0.5) is 11.4 Å². The van der Waals surface area contributed by atoms with E-state index in [2.05, 4.69) is 52.7 Å². The van der Waals surface area contributed by atoms with Crippen molar-refractivity contribution < 1.29 is 9.53 Å². The van der Waals surface area contributed by atoms with Gasteiger partial charge in [0.1, 0.15) is 5.82 Å². The van der Waals surface area contributed by atoms with Gasteiger partial charge >= 0.3 is 5.97 Å². The van der Waals surface area contributed by atoms with Gasteiger partial charge in [-0.2, -0.15) is 0 Å². The maximum atomic E-state index is 13.2. The predicted octanol–water partition coefficient (Wildman–Crippen LogP) is 6.72. The minimum Gasteiger partial charge on any atom is -0.469 e. The van der Waals surface area contributed by atoms with Gasteiger partial charge in [0.15, 0.2) is 0 Å². The van der Waals surface area contributed by atoms with E-state index in [1.165, 1.54) is 62.6 Å². The number of imidazole rings is 1. The van der Waals surface area contributed by atoms with E-state index in [0.29, 0.717) is 0 Å². The summed E-state index contributed by atoms with van der Waals surface area (Å²) in [5, 5.41) is 3.20. The van der Waals surface area contributed by atoms with Crippen molar-refractivity contribution in [3.05, 3.63) is 76.4 Å². The number of aromatic nitrogens is 2. The summed E-state index contributed by atoms with van der Waals surface area (Å²) >= 11 is 0. The first-order valence-electron chi connectivity index (χ1n) is 14.7. The van der Waals surface area contributed by atoms with Crippen LogP contribution in [-0.2, 0) is 22.5 Å². The SMILES string of the molecule is CNc1ccc([C@H](c2ccc(C)c(Cn3ccnc3CC3CCCCCC3)c2)C(C)(C)C(=O)OC)c(C)c1NN. The van der Waals surface area contributed by atoms with Crippen LogP contribution in [0.25, 0.3) is 0 Å². The second kappa shape index (κ2) is 12.9. The third kappa shape index (κ3) is 6.20. The number of methoxy groups -OCH3 is 1. The Labute approximate surface area is 239 Å². The fraction of sp³-hybridized carbons (Fsp3) is 0.515. The molecule has 2 aromatic carbocycles. The fourth-order valence-corrected chi connectivity index (χ4v) is 6.53. The lowest BCUT2D eigenvalue weighted by Gasteiger charge is -2.35. The highest BCUT2D eigenvalue weighted by Crippen LogP contribution is 2.45. The Hall–Kier alpha value is -3.32. The highest BCUT2D eigenvalue weighted by Gasteiger charge is 2.41. The van der Waals surface area contributed by atoms with E-state index in [4.69, 9.17) is 15.6 Å². The molecule has 7 nitrogen and oxygen atoms in total. The number of anilines is 2. The van der Waals surface area contributed by atoms with Gasteiger partial charge in [-0.1, -0.05) is 62.8 Å². The van der Waals surface area contributed by atoms with Crippen LogP contribution in [0, 0.1) is 25.2 Å². The van der Waals surface area contributed by atoms with Crippen molar-refractivity contribution in [3.63, 3.8) is 0 Å². The maximum Gasteiger partial charge on any atom is 0.312 e. The van der Waals surface area contributed by atoms with Crippen molar-refractivity contribution in [2.45, 2.75) is 85.1 Å². The number of nitrogens with zero attached hydrogens (tertiary/aromatic N) is 2. The Balaban J connectivity index is 1.74. The van der Waals surface area contributed by atoms with Crippen LogP contribution < -0.4 is 16.6 Å². The van der Waals surface area contributed by atoms with Crippen LogP contribution in [0.15, 0.2) is 42.7 Å². The first-order chi connectivity index (χ1) is 19.2. The zero-order valence-corrected chi connectivity index (χ0v) is 25.1. The average Bonchev–Trinajstić information content (AvgIpc) is 3.20. The number of rotatable bonds is 10. The van der Waals surface area contributed by atoms with E-state index in [-0.39, 0.29) is 11.9 Å². The van der Waals surface area contributed by atoms with Gasteiger partial charge in [0.2, 0.25) is 0 Å². The standard InChI is InChI=1S/C33H47N5O2/c1-22-13-14-25(20-26(22)21-38-18-17-36-29(38)19-24-11-9-7-8-10-12-24)30(33(3,4)32(39)40-6)27-15-16-28(35-5)31(37-34)23(27)2/h13-18,20,24,30,35,37H,7-12,19,21,34H2,1-6H3/t30-/m0/s1. The molecule has 40 heavy (non-hydrogen) atoms. The largest absolute Gasteiger partial charge is 0.469 e. The zero-order valence-electron chi connectivity index (χ0n) is 25.1. The molecule has 0 saturated heterocycles. The monoisotopic (exact) mass is 545 g/mol. The highest BCUT2D eigenvalue weighted by atomic mass is 16.5. The zero-order chi connectivity index (χ0) is 28.9. The number of nitrogen functional groups attached to an aromatic ring is 1.